The summed E-state index contributed by atoms with van der Waals surface area (Å²) < 4.78 is 7.00. The first-order valence-corrected chi connectivity index (χ1v) is 6.49. The Bertz CT molecular complexity index is 662. The Labute approximate surface area is 117 Å². The van der Waals surface area contributed by atoms with Crippen molar-refractivity contribution < 1.29 is 4.74 Å². The van der Waals surface area contributed by atoms with Crippen LogP contribution < -0.4 is 10.3 Å². The maximum atomic E-state index is 12.0. The monoisotopic (exact) mass is 277 g/mol. The van der Waals surface area contributed by atoms with Gasteiger partial charge in [-0.15, -0.1) is 0 Å². The molecule has 0 aliphatic heterocycles. The van der Waals surface area contributed by atoms with Gasteiger partial charge in [0.1, 0.15) is 5.75 Å². The molecule has 1 aromatic heterocycles. The van der Waals surface area contributed by atoms with Gasteiger partial charge in [0, 0.05) is 29.4 Å². The van der Waals surface area contributed by atoms with E-state index in [0.29, 0.717) is 17.3 Å². The maximum Gasteiger partial charge on any atom is 0.251 e. The highest BCUT2D eigenvalue weighted by molar-refractivity contribution is 6.30. The summed E-state index contributed by atoms with van der Waals surface area (Å²) in [6.45, 7) is 4.52. The Morgan fingerprint density at radius 2 is 2.00 bits per heavy atom. The number of ether oxygens (including phenoxy) is 1. The van der Waals surface area contributed by atoms with Gasteiger partial charge in [-0.2, -0.15) is 0 Å². The number of aryl methyl sites for hydroxylation is 2. The van der Waals surface area contributed by atoms with Crippen LogP contribution in [0.1, 0.15) is 12.5 Å². The van der Waals surface area contributed by atoms with E-state index < -0.39 is 0 Å². The minimum Gasteiger partial charge on any atom is -0.495 e. The summed E-state index contributed by atoms with van der Waals surface area (Å²) in [6.07, 6.45) is 1.73. The molecule has 0 atom stereocenters. The summed E-state index contributed by atoms with van der Waals surface area (Å²) in [6, 6.07) is 7.22. The van der Waals surface area contributed by atoms with Crippen molar-refractivity contribution in [2.45, 2.75) is 20.4 Å². The summed E-state index contributed by atoms with van der Waals surface area (Å²) in [5.41, 5.74) is 2.70. The van der Waals surface area contributed by atoms with Gasteiger partial charge in [-0.05, 0) is 37.1 Å². The second-order valence-corrected chi connectivity index (χ2v) is 4.78. The summed E-state index contributed by atoms with van der Waals surface area (Å²) in [7, 11) is 1.60. The molecule has 1 heterocycles. The van der Waals surface area contributed by atoms with Gasteiger partial charge in [-0.3, -0.25) is 4.79 Å². The predicted molar refractivity (Wildman–Crippen MR) is 78.1 cm³/mol. The normalized spacial score (nSPS) is 10.5. The second kappa shape index (κ2) is 5.49. The van der Waals surface area contributed by atoms with Gasteiger partial charge in [0.25, 0.3) is 5.56 Å². The number of methoxy groups -OCH3 is 1. The molecule has 0 spiro atoms. The van der Waals surface area contributed by atoms with Crippen LogP contribution in [0.2, 0.25) is 5.02 Å². The molecule has 0 saturated carbocycles. The molecule has 2 rings (SSSR count). The van der Waals surface area contributed by atoms with Crippen molar-refractivity contribution in [1.82, 2.24) is 4.57 Å². The topological polar surface area (TPSA) is 31.2 Å². The van der Waals surface area contributed by atoms with Crippen LogP contribution in [0.5, 0.6) is 5.75 Å². The van der Waals surface area contributed by atoms with Crippen LogP contribution in [0.25, 0.3) is 11.1 Å². The molecule has 19 heavy (non-hydrogen) atoms. The minimum absolute atomic E-state index is 0.0438. The van der Waals surface area contributed by atoms with Crippen LogP contribution in [0, 0.1) is 6.92 Å². The van der Waals surface area contributed by atoms with E-state index in [1.54, 1.807) is 23.9 Å². The van der Waals surface area contributed by atoms with E-state index in [0.717, 1.165) is 16.7 Å². The molecule has 0 bridgehead atoms. The van der Waals surface area contributed by atoms with Gasteiger partial charge in [-0.1, -0.05) is 17.7 Å². The molecule has 0 aliphatic rings. The highest BCUT2D eigenvalue weighted by Gasteiger charge is 2.11. The summed E-state index contributed by atoms with van der Waals surface area (Å²) in [5, 5.41) is 0.641. The van der Waals surface area contributed by atoms with Gasteiger partial charge >= 0.3 is 0 Å². The molecule has 0 aliphatic carbocycles. The lowest BCUT2D eigenvalue weighted by Crippen LogP contribution is -2.18. The van der Waals surface area contributed by atoms with Crippen molar-refractivity contribution in [1.29, 1.82) is 0 Å². The van der Waals surface area contributed by atoms with Crippen LogP contribution in [0.4, 0.5) is 0 Å². The third-order valence-corrected chi connectivity index (χ3v) is 3.37. The Hall–Kier alpha value is -1.74. The smallest absolute Gasteiger partial charge is 0.251 e. The van der Waals surface area contributed by atoms with E-state index in [9.17, 15) is 4.79 Å². The average molecular weight is 278 g/mol. The number of hydrogen-bond donors (Lipinski definition) is 0. The first-order valence-electron chi connectivity index (χ1n) is 6.11. The fourth-order valence-corrected chi connectivity index (χ4v) is 2.23. The maximum absolute atomic E-state index is 12.0. The lowest BCUT2D eigenvalue weighted by Gasteiger charge is -2.13. The van der Waals surface area contributed by atoms with Gasteiger partial charge in [-0.25, -0.2) is 0 Å². The van der Waals surface area contributed by atoms with E-state index in [2.05, 4.69) is 0 Å². The SMILES string of the molecule is CCn1cc(OC)c(-c2cc(Cl)ccc2C)cc1=O. The van der Waals surface area contributed by atoms with Crippen molar-refractivity contribution in [2.24, 2.45) is 0 Å². The fraction of sp³-hybridized carbons (Fsp3) is 0.267. The van der Waals surface area contributed by atoms with Crippen LogP contribution in [-0.4, -0.2) is 11.7 Å². The quantitative estimate of drug-likeness (QED) is 0.860. The molecule has 3 nitrogen and oxygen atoms in total. The average Bonchev–Trinajstić information content (AvgIpc) is 2.41. The van der Waals surface area contributed by atoms with Gasteiger partial charge in [0.2, 0.25) is 0 Å². The van der Waals surface area contributed by atoms with E-state index in [1.807, 2.05) is 32.0 Å². The number of pyridine rings is 1. The molecular weight excluding hydrogens is 262 g/mol. The molecule has 0 fully saturated rings. The zero-order valence-corrected chi connectivity index (χ0v) is 12.0. The zero-order valence-electron chi connectivity index (χ0n) is 11.2. The van der Waals surface area contributed by atoms with Crippen LogP contribution >= 0.6 is 11.6 Å². The van der Waals surface area contributed by atoms with Gasteiger partial charge < -0.3 is 9.30 Å². The van der Waals surface area contributed by atoms with Crippen molar-refractivity contribution in [3.05, 3.63) is 51.4 Å². The molecule has 0 unspecified atom stereocenters. The molecule has 0 amide bonds. The largest absolute Gasteiger partial charge is 0.495 e. The third-order valence-electron chi connectivity index (χ3n) is 3.14. The first kappa shape index (κ1) is 13.7. The minimum atomic E-state index is -0.0438. The van der Waals surface area contributed by atoms with Crippen molar-refractivity contribution in [3.8, 4) is 16.9 Å². The Morgan fingerprint density at radius 1 is 1.26 bits per heavy atom. The first-order chi connectivity index (χ1) is 9.06. The molecule has 0 radical (unpaired) electrons. The lowest BCUT2D eigenvalue weighted by molar-refractivity contribution is 0.410. The van der Waals surface area contributed by atoms with E-state index in [4.69, 9.17) is 16.3 Å². The van der Waals surface area contributed by atoms with Crippen molar-refractivity contribution in [3.63, 3.8) is 0 Å². The number of aromatic nitrogens is 1. The van der Waals surface area contributed by atoms with Gasteiger partial charge in [0.15, 0.2) is 0 Å². The Morgan fingerprint density at radius 3 is 2.63 bits per heavy atom. The molecule has 0 saturated heterocycles. The molecular formula is C15H16ClNO2. The van der Waals surface area contributed by atoms with Gasteiger partial charge in [0.05, 0.1) is 7.11 Å². The number of halogens is 1. The standard InChI is InChI=1S/C15H16ClNO2/c1-4-17-9-14(19-3)13(8-15(17)18)12-7-11(16)6-5-10(12)2/h5-9H,4H2,1-3H3. The van der Waals surface area contributed by atoms with Crippen molar-refractivity contribution in [2.75, 3.05) is 7.11 Å². The highest BCUT2D eigenvalue weighted by Crippen LogP contribution is 2.32. The van der Waals surface area contributed by atoms with E-state index in [-0.39, 0.29) is 5.56 Å². The molecule has 4 heteroatoms. The zero-order chi connectivity index (χ0) is 14.0. The Kier molecular flexibility index (Phi) is 3.96. The van der Waals surface area contributed by atoms with E-state index in [1.165, 1.54) is 0 Å². The number of rotatable bonds is 3. The molecule has 1 aromatic carbocycles. The number of benzene rings is 1. The predicted octanol–water partition coefficient (Wildman–Crippen LogP) is 3.51. The van der Waals surface area contributed by atoms with Crippen LogP contribution in [0.15, 0.2) is 35.3 Å². The summed E-state index contributed by atoms with van der Waals surface area (Å²) in [4.78, 5) is 12.0. The second-order valence-electron chi connectivity index (χ2n) is 4.34. The number of hydrogen-bond acceptors (Lipinski definition) is 2. The molecule has 100 valence electrons. The summed E-state index contributed by atoms with van der Waals surface area (Å²) in [5.74, 6) is 0.673. The Balaban J connectivity index is 2.71. The van der Waals surface area contributed by atoms with Crippen LogP contribution in [0.3, 0.4) is 0 Å². The fourth-order valence-electron chi connectivity index (χ4n) is 2.06. The summed E-state index contributed by atoms with van der Waals surface area (Å²) >= 11 is 6.04. The lowest BCUT2D eigenvalue weighted by atomic mass is 10.0. The molecule has 0 N–H and O–H groups in total. The number of nitrogens with zero attached hydrogens (tertiary/aromatic N) is 1. The van der Waals surface area contributed by atoms with E-state index >= 15 is 0 Å². The third kappa shape index (κ3) is 2.66. The highest BCUT2D eigenvalue weighted by atomic mass is 35.5. The molecule has 2 aromatic rings. The van der Waals surface area contributed by atoms with Crippen LogP contribution in [-0.2, 0) is 6.54 Å². The van der Waals surface area contributed by atoms with Crippen molar-refractivity contribution >= 4 is 11.6 Å².